The molecule has 80 heavy (non-hydrogen) atoms. The van der Waals surface area contributed by atoms with Gasteiger partial charge in [0.05, 0.1) is 10.8 Å². The number of benzene rings is 11. The van der Waals surface area contributed by atoms with Crippen LogP contribution in [-0.4, -0.2) is 29.9 Å². The van der Waals surface area contributed by atoms with Crippen LogP contribution in [0.25, 0.3) is 90.6 Å². The zero-order valence-corrected chi connectivity index (χ0v) is 43.4. The first-order chi connectivity index (χ1) is 39.6. The molecule has 6 nitrogen and oxygen atoms in total. The summed E-state index contributed by atoms with van der Waals surface area (Å²) >= 11 is 0. The fourth-order valence-corrected chi connectivity index (χ4v) is 12.6. The summed E-state index contributed by atoms with van der Waals surface area (Å²) in [4.78, 5) is 31.2. The number of hydrogen-bond donors (Lipinski definition) is 0. The van der Waals surface area contributed by atoms with Crippen LogP contribution in [0.3, 0.4) is 0 Å². The molecule has 0 spiro atoms. The molecule has 0 atom stereocenters. The fraction of sp³-hybridized carbons (Fsp3) is 0.0270. The third-order valence-corrected chi connectivity index (χ3v) is 16.1. The summed E-state index contributed by atoms with van der Waals surface area (Å²) in [5, 5.41) is 0. The van der Waals surface area contributed by atoms with Crippen molar-refractivity contribution in [2.24, 2.45) is 0 Å². The predicted molar refractivity (Wildman–Crippen MR) is 320 cm³/mol. The predicted octanol–water partition coefficient (Wildman–Crippen LogP) is 16.8. The summed E-state index contributed by atoms with van der Waals surface area (Å²) in [6, 6.07) is 104. The summed E-state index contributed by atoms with van der Waals surface area (Å²) in [5.74, 6) is 3.70. The van der Waals surface area contributed by atoms with Gasteiger partial charge in [-0.1, -0.05) is 267 Å². The van der Waals surface area contributed by atoms with Crippen LogP contribution in [0.5, 0.6) is 0 Å². The van der Waals surface area contributed by atoms with Gasteiger partial charge in [0.15, 0.2) is 34.9 Å². The van der Waals surface area contributed by atoms with Gasteiger partial charge in [0, 0.05) is 33.4 Å². The van der Waals surface area contributed by atoms with Gasteiger partial charge in [-0.2, -0.15) is 0 Å². The van der Waals surface area contributed by atoms with Gasteiger partial charge >= 0.3 is 0 Å². The smallest absolute Gasteiger partial charge is 0.164 e. The van der Waals surface area contributed by atoms with Gasteiger partial charge in [-0.05, 0) is 91.0 Å². The number of rotatable bonds is 10. The molecule has 0 aliphatic heterocycles. The lowest BCUT2D eigenvalue weighted by Crippen LogP contribution is -2.30. The Hall–Kier alpha value is -10.6. The van der Waals surface area contributed by atoms with Crippen molar-refractivity contribution in [3.8, 4) is 90.6 Å². The molecule has 374 valence electrons. The summed E-state index contributed by atoms with van der Waals surface area (Å²) in [6.45, 7) is 0. The van der Waals surface area contributed by atoms with Crippen molar-refractivity contribution in [1.82, 2.24) is 29.9 Å². The molecule has 6 heteroatoms. The zero-order chi connectivity index (χ0) is 53.0. The molecule has 0 amide bonds. The molecule has 0 fully saturated rings. The molecule has 0 N–H and O–H groups in total. The molecule has 2 aliphatic carbocycles. The maximum atomic E-state index is 5.26. The van der Waals surface area contributed by atoms with Crippen LogP contribution in [0.2, 0.25) is 0 Å². The van der Waals surface area contributed by atoms with Crippen molar-refractivity contribution >= 4 is 0 Å². The van der Waals surface area contributed by atoms with E-state index in [0.29, 0.717) is 34.9 Å². The molecule has 0 radical (unpaired) electrons. The average molecular weight is 1020 g/mol. The van der Waals surface area contributed by atoms with Crippen LogP contribution < -0.4 is 0 Å². The SMILES string of the molecule is c1ccc(-c2nc(-c3ccccc3)nc(-c3ccc4c(c3)C(c3ccccc3)(c3ccccc3)c3cc5c(cc3-4)C(c3ccccc3)(c3ccccc3)c3cc(-c4nc(-c6ccccc6)nc(-c6ccccc6)n4)ccc3-5)n2)cc1. The lowest BCUT2D eigenvalue weighted by molar-refractivity contribution is 0.759. The van der Waals surface area contributed by atoms with Crippen LogP contribution in [0.4, 0.5) is 0 Å². The van der Waals surface area contributed by atoms with Crippen molar-refractivity contribution in [3.05, 3.63) is 336 Å². The quantitative estimate of drug-likeness (QED) is 0.136. The molecule has 2 aliphatic rings. The van der Waals surface area contributed by atoms with Gasteiger partial charge < -0.3 is 0 Å². The first-order valence-corrected chi connectivity index (χ1v) is 27.1. The van der Waals surface area contributed by atoms with E-state index in [1.54, 1.807) is 0 Å². The lowest BCUT2D eigenvalue weighted by atomic mass is 9.65. The minimum atomic E-state index is -0.757. The molecule has 15 rings (SSSR count). The van der Waals surface area contributed by atoms with E-state index in [9.17, 15) is 0 Å². The first-order valence-electron chi connectivity index (χ1n) is 27.1. The van der Waals surface area contributed by atoms with E-state index >= 15 is 0 Å². The van der Waals surface area contributed by atoms with Crippen LogP contribution in [0.15, 0.2) is 291 Å². The maximum absolute atomic E-state index is 5.26. The highest BCUT2D eigenvalue weighted by molar-refractivity contribution is 5.96. The molecular formula is C74H48N6. The Morgan fingerprint density at radius 1 is 0.175 bits per heavy atom. The topological polar surface area (TPSA) is 77.3 Å². The summed E-state index contributed by atoms with van der Waals surface area (Å²) in [6.07, 6.45) is 0. The maximum Gasteiger partial charge on any atom is 0.164 e. The van der Waals surface area contributed by atoms with Gasteiger partial charge in [-0.25, -0.2) is 29.9 Å². The summed E-state index contributed by atoms with van der Waals surface area (Å²) < 4.78 is 0. The highest BCUT2D eigenvalue weighted by Gasteiger charge is 2.51. The molecule has 13 aromatic rings. The Morgan fingerprint density at radius 2 is 0.388 bits per heavy atom. The van der Waals surface area contributed by atoms with Crippen LogP contribution in [0, 0.1) is 0 Å². The second kappa shape index (κ2) is 19.2. The van der Waals surface area contributed by atoms with Gasteiger partial charge in [0.25, 0.3) is 0 Å². The molecule has 2 heterocycles. The minimum absolute atomic E-state index is 0.607. The summed E-state index contributed by atoms with van der Waals surface area (Å²) in [5.41, 5.74) is 18.0. The Balaban J connectivity index is 1.00. The third-order valence-electron chi connectivity index (χ3n) is 16.1. The molecular weight excluding hydrogens is 973 g/mol. The molecule has 0 bridgehead atoms. The summed E-state index contributed by atoms with van der Waals surface area (Å²) in [7, 11) is 0. The van der Waals surface area contributed by atoms with Gasteiger partial charge in [0.2, 0.25) is 0 Å². The Morgan fingerprint density at radius 3 is 0.637 bits per heavy atom. The standard InChI is InChI=1S/C74H48N6/c1-9-25-49(26-10-1)67-75-68(50-27-11-2-12-28-50)78-71(77-67)53-41-43-59-61-47-66-62(48-65(61)73(63(59)45-53,55-33-17-5-18-34-55)56-35-19-6-20-36-56)60-44-42-54(46-64(60)74(66,57-37-21-7-22-38-57)58-39-23-8-24-40-58)72-79-69(51-29-13-3-14-30-51)76-70(80-72)52-31-15-4-16-32-52/h1-48H. The fourth-order valence-electron chi connectivity index (χ4n) is 12.6. The van der Waals surface area contributed by atoms with E-state index < -0.39 is 10.8 Å². The zero-order valence-electron chi connectivity index (χ0n) is 43.4. The van der Waals surface area contributed by atoms with Gasteiger partial charge in [0.1, 0.15) is 0 Å². The third kappa shape index (κ3) is 7.48. The largest absolute Gasteiger partial charge is 0.208 e. The Labute approximate surface area is 464 Å². The second-order valence-electron chi connectivity index (χ2n) is 20.5. The monoisotopic (exact) mass is 1020 g/mol. The second-order valence-corrected chi connectivity index (χ2v) is 20.5. The number of fused-ring (bicyclic) bond motifs is 6. The number of hydrogen-bond acceptors (Lipinski definition) is 6. The Kier molecular flexibility index (Phi) is 11.2. The van der Waals surface area contributed by atoms with Crippen molar-refractivity contribution < 1.29 is 0 Å². The average Bonchev–Trinajstić information content (AvgIpc) is 3.75. The normalized spacial score (nSPS) is 13.2. The van der Waals surface area contributed by atoms with E-state index in [1.807, 2.05) is 72.8 Å². The van der Waals surface area contributed by atoms with Crippen molar-refractivity contribution in [2.45, 2.75) is 10.8 Å². The Bertz CT molecular complexity index is 3940. The van der Waals surface area contributed by atoms with Crippen molar-refractivity contribution in [2.75, 3.05) is 0 Å². The van der Waals surface area contributed by atoms with Crippen molar-refractivity contribution in [1.29, 1.82) is 0 Å². The van der Waals surface area contributed by atoms with Gasteiger partial charge in [-0.15, -0.1) is 0 Å². The van der Waals surface area contributed by atoms with Gasteiger partial charge in [-0.3, -0.25) is 0 Å². The van der Waals surface area contributed by atoms with E-state index in [-0.39, 0.29) is 0 Å². The lowest BCUT2D eigenvalue weighted by Gasteiger charge is -2.35. The highest BCUT2D eigenvalue weighted by Crippen LogP contribution is 2.63. The first kappa shape index (κ1) is 46.7. The van der Waals surface area contributed by atoms with Crippen LogP contribution in [-0.2, 0) is 10.8 Å². The van der Waals surface area contributed by atoms with Crippen LogP contribution in [0.1, 0.15) is 44.5 Å². The van der Waals surface area contributed by atoms with Crippen molar-refractivity contribution in [3.63, 3.8) is 0 Å². The number of aromatic nitrogens is 6. The van der Waals surface area contributed by atoms with E-state index in [4.69, 9.17) is 29.9 Å². The molecule has 0 saturated carbocycles. The van der Waals surface area contributed by atoms with Crippen LogP contribution >= 0.6 is 0 Å². The van der Waals surface area contributed by atoms with E-state index in [1.165, 1.54) is 22.3 Å². The van der Waals surface area contributed by atoms with E-state index in [2.05, 4.69) is 218 Å². The number of nitrogens with zero attached hydrogens (tertiary/aromatic N) is 6. The highest BCUT2D eigenvalue weighted by atomic mass is 15.0. The molecule has 0 saturated heterocycles. The molecule has 0 unspecified atom stereocenters. The van der Waals surface area contributed by atoms with E-state index in [0.717, 1.165) is 77.9 Å². The minimum Gasteiger partial charge on any atom is -0.208 e. The molecule has 11 aromatic carbocycles. The molecule has 2 aromatic heterocycles.